The van der Waals surface area contributed by atoms with Crippen LogP contribution in [0.4, 0.5) is 0 Å². The largest absolute Gasteiger partial charge is 0.360 e. The smallest absolute Gasteiger partial charge is 0.254 e. The first-order valence-corrected chi connectivity index (χ1v) is 8.05. The van der Waals surface area contributed by atoms with Crippen LogP contribution in [0, 0.1) is 0 Å². The summed E-state index contributed by atoms with van der Waals surface area (Å²) in [7, 11) is 0. The van der Waals surface area contributed by atoms with Crippen molar-refractivity contribution in [3.8, 4) is 0 Å². The minimum Gasteiger partial charge on any atom is -0.360 e. The molecule has 1 spiro atoms. The van der Waals surface area contributed by atoms with E-state index in [1.165, 1.54) is 0 Å². The van der Waals surface area contributed by atoms with Crippen LogP contribution in [0.3, 0.4) is 0 Å². The van der Waals surface area contributed by atoms with Crippen molar-refractivity contribution in [2.75, 3.05) is 13.1 Å². The molecule has 5 nitrogen and oxygen atoms in total. The monoisotopic (exact) mass is 309 g/mol. The van der Waals surface area contributed by atoms with Crippen molar-refractivity contribution in [2.45, 2.75) is 32.0 Å². The van der Waals surface area contributed by atoms with E-state index in [0.29, 0.717) is 19.7 Å². The molecular formula is C18H19N3O2. The molecule has 0 unspecified atom stereocenters. The first-order chi connectivity index (χ1) is 11.2. The Morgan fingerprint density at radius 2 is 2.09 bits per heavy atom. The van der Waals surface area contributed by atoms with Crippen molar-refractivity contribution in [1.82, 2.24) is 14.9 Å². The van der Waals surface area contributed by atoms with Gasteiger partial charge in [-0.25, -0.2) is 9.97 Å². The van der Waals surface area contributed by atoms with Gasteiger partial charge in [-0.05, 0) is 18.6 Å². The highest BCUT2D eigenvalue weighted by molar-refractivity contribution is 5.95. The Hall–Kier alpha value is -2.27. The summed E-state index contributed by atoms with van der Waals surface area (Å²) in [5, 5.41) is 0. The number of aromatic nitrogens is 2. The van der Waals surface area contributed by atoms with Gasteiger partial charge in [0.25, 0.3) is 5.91 Å². The summed E-state index contributed by atoms with van der Waals surface area (Å²) in [4.78, 5) is 23.3. The van der Waals surface area contributed by atoms with Gasteiger partial charge in [0.1, 0.15) is 11.4 Å². The maximum absolute atomic E-state index is 12.5. The molecule has 2 aromatic rings. The van der Waals surface area contributed by atoms with Crippen molar-refractivity contribution in [1.29, 1.82) is 0 Å². The lowest BCUT2D eigenvalue weighted by atomic mass is 9.87. The average molecular weight is 309 g/mol. The van der Waals surface area contributed by atoms with Gasteiger partial charge in [-0.1, -0.05) is 25.1 Å². The first-order valence-electron chi connectivity index (χ1n) is 8.05. The molecule has 2 aliphatic heterocycles. The number of likely N-dealkylation sites (tertiary alicyclic amines) is 1. The molecule has 118 valence electrons. The number of carbonyl (C=O) groups is 1. The fourth-order valence-electron chi connectivity index (χ4n) is 3.32. The van der Waals surface area contributed by atoms with Gasteiger partial charge in [-0.3, -0.25) is 4.79 Å². The third-order valence-electron chi connectivity index (χ3n) is 4.57. The van der Waals surface area contributed by atoms with Crippen LogP contribution < -0.4 is 0 Å². The van der Waals surface area contributed by atoms with Crippen molar-refractivity contribution in [3.63, 3.8) is 0 Å². The molecule has 1 amide bonds. The van der Waals surface area contributed by atoms with E-state index < -0.39 is 5.60 Å². The second-order valence-electron chi connectivity index (χ2n) is 6.21. The van der Waals surface area contributed by atoms with Gasteiger partial charge < -0.3 is 9.64 Å². The van der Waals surface area contributed by atoms with Crippen LogP contribution in [0.25, 0.3) is 0 Å². The topological polar surface area (TPSA) is 55.3 Å². The van der Waals surface area contributed by atoms with Crippen LogP contribution >= 0.6 is 0 Å². The first kappa shape index (κ1) is 14.3. The third kappa shape index (κ3) is 2.32. The molecule has 0 atom stereocenters. The van der Waals surface area contributed by atoms with Gasteiger partial charge in [0.05, 0.1) is 25.4 Å². The standard InChI is InChI=1S/C18H19N3O2/c1-2-6-16-19-9-14-15(20-16)10-23-18(14)11-21(12-18)17(22)13-7-4-3-5-8-13/h3-5,7-9H,2,6,10-12H2,1H3. The molecule has 2 aliphatic rings. The minimum absolute atomic E-state index is 0.0526. The van der Waals surface area contributed by atoms with E-state index in [9.17, 15) is 4.79 Å². The van der Waals surface area contributed by atoms with Crippen molar-refractivity contribution in [2.24, 2.45) is 0 Å². The summed E-state index contributed by atoms with van der Waals surface area (Å²) in [6, 6.07) is 9.37. The van der Waals surface area contributed by atoms with Gasteiger partial charge in [-0.15, -0.1) is 0 Å². The maximum Gasteiger partial charge on any atom is 0.254 e. The molecule has 0 N–H and O–H groups in total. The van der Waals surface area contributed by atoms with Gasteiger partial charge in [0.2, 0.25) is 0 Å². The van der Waals surface area contributed by atoms with Crippen molar-refractivity contribution in [3.05, 3.63) is 59.2 Å². The molecular weight excluding hydrogens is 290 g/mol. The maximum atomic E-state index is 12.5. The Labute approximate surface area is 135 Å². The van der Waals surface area contributed by atoms with Crippen LogP contribution in [0.15, 0.2) is 36.5 Å². The molecule has 0 aliphatic carbocycles. The molecule has 1 saturated heterocycles. The zero-order chi connectivity index (χ0) is 15.9. The van der Waals surface area contributed by atoms with E-state index in [1.807, 2.05) is 41.4 Å². The molecule has 1 aromatic carbocycles. The van der Waals surface area contributed by atoms with Gasteiger partial charge in [0.15, 0.2) is 0 Å². The van der Waals surface area contributed by atoms with Gasteiger partial charge in [-0.2, -0.15) is 0 Å². The minimum atomic E-state index is -0.398. The highest BCUT2D eigenvalue weighted by Gasteiger charge is 2.52. The number of nitrogens with zero attached hydrogens (tertiary/aromatic N) is 3. The summed E-state index contributed by atoms with van der Waals surface area (Å²) in [5.41, 5.74) is 2.35. The molecule has 0 radical (unpaired) electrons. The van der Waals surface area contributed by atoms with Crippen LogP contribution in [0.2, 0.25) is 0 Å². The van der Waals surface area contributed by atoms with E-state index in [2.05, 4.69) is 16.9 Å². The predicted octanol–water partition coefficient (Wildman–Crippen LogP) is 2.31. The third-order valence-corrected chi connectivity index (χ3v) is 4.57. The molecule has 0 bridgehead atoms. The Morgan fingerprint density at radius 1 is 1.30 bits per heavy atom. The molecule has 1 aromatic heterocycles. The quantitative estimate of drug-likeness (QED) is 0.873. The van der Waals surface area contributed by atoms with Crippen LogP contribution in [0.5, 0.6) is 0 Å². The SMILES string of the molecule is CCCc1ncc2c(n1)COC21CN(C(=O)c2ccccc2)C1. The van der Waals surface area contributed by atoms with Crippen LogP contribution in [-0.4, -0.2) is 33.9 Å². The van der Waals surface area contributed by atoms with Gasteiger partial charge >= 0.3 is 0 Å². The summed E-state index contributed by atoms with van der Waals surface area (Å²) in [5.74, 6) is 0.931. The summed E-state index contributed by atoms with van der Waals surface area (Å²) in [6.45, 7) is 3.78. The zero-order valence-electron chi connectivity index (χ0n) is 13.2. The Balaban J connectivity index is 1.51. The van der Waals surface area contributed by atoms with E-state index in [-0.39, 0.29) is 5.91 Å². The van der Waals surface area contributed by atoms with E-state index >= 15 is 0 Å². The van der Waals surface area contributed by atoms with E-state index in [4.69, 9.17) is 4.74 Å². The highest BCUT2D eigenvalue weighted by atomic mass is 16.5. The van der Waals surface area contributed by atoms with Crippen LogP contribution in [0.1, 0.15) is 40.8 Å². The molecule has 5 heteroatoms. The van der Waals surface area contributed by atoms with E-state index in [0.717, 1.165) is 35.5 Å². The Kier molecular flexibility index (Phi) is 3.38. The summed E-state index contributed by atoms with van der Waals surface area (Å²) >= 11 is 0. The number of benzene rings is 1. The fourth-order valence-corrected chi connectivity index (χ4v) is 3.32. The lowest BCUT2D eigenvalue weighted by Crippen LogP contribution is -2.61. The Morgan fingerprint density at radius 3 is 2.83 bits per heavy atom. The van der Waals surface area contributed by atoms with Gasteiger partial charge in [0, 0.05) is 23.7 Å². The highest BCUT2D eigenvalue weighted by Crippen LogP contribution is 2.42. The number of fused-ring (bicyclic) bond motifs is 2. The second kappa shape index (κ2) is 5.42. The molecule has 0 saturated carbocycles. The molecule has 3 heterocycles. The summed E-state index contributed by atoms with van der Waals surface area (Å²) < 4.78 is 6.00. The lowest BCUT2D eigenvalue weighted by molar-refractivity contribution is -0.126. The predicted molar refractivity (Wildman–Crippen MR) is 84.8 cm³/mol. The molecule has 23 heavy (non-hydrogen) atoms. The number of rotatable bonds is 3. The molecule has 1 fully saturated rings. The lowest BCUT2D eigenvalue weighted by Gasteiger charge is -2.47. The second-order valence-corrected chi connectivity index (χ2v) is 6.21. The molecule has 4 rings (SSSR count). The number of ether oxygens (including phenoxy) is 1. The Bertz CT molecular complexity index is 739. The van der Waals surface area contributed by atoms with Crippen molar-refractivity contribution < 1.29 is 9.53 Å². The number of hydrogen-bond acceptors (Lipinski definition) is 4. The summed E-state index contributed by atoms with van der Waals surface area (Å²) in [6.07, 6.45) is 3.81. The van der Waals surface area contributed by atoms with E-state index in [1.54, 1.807) is 0 Å². The number of aryl methyl sites for hydroxylation is 1. The average Bonchev–Trinajstić information content (AvgIpc) is 2.93. The number of hydrogen-bond donors (Lipinski definition) is 0. The van der Waals surface area contributed by atoms with Crippen LogP contribution in [-0.2, 0) is 23.4 Å². The normalized spacial score (nSPS) is 17.9. The van der Waals surface area contributed by atoms with Crippen molar-refractivity contribution >= 4 is 5.91 Å². The number of amides is 1. The zero-order valence-corrected chi connectivity index (χ0v) is 13.2. The fraction of sp³-hybridized carbons (Fsp3) is 0.389. The number of carbonyl (C=O) groups excluding carboxylic acids is 1.